The predicted octanol–water partition coefficient (Wildman–Crippen LogP) is -1.16. The van der Waals surface area contributed by atoms with E-state index in [1.165, 1.54) is 23.9 Å². The highest BCUT2D eigenvalue weighted by atomic mass is 32.2. The van der Waals surface area contributed by atoms with Crippen molar-refractivity contribution in [2.45, 2.75) is 4.90 Å². The fourth-order valence-electron chi connectivity index (χ4n) is 1.34. The van der Waals surface area contributed by atoms with E-state index in [-0.39, 0.29) is 10.6 Å². The van der Waals surface area contributed by atoms with Gasteiger partial charge in [-0.25, -0.2) is 8.42 Å². The van der Waals surface area contributed by atoms with E-state index in [9.17, 15) is 18.0 Å². The summed E-state index contributed by atoms with van der Waals surface area (Å²) < 4.78 is 31.5. The van der Waals surface area contributed by atoms with Gasteiger partial charge in [-0.2, -0.15) is 4.72 Å². The van der Waals surface area contributed by atoms with Gasteiger partial charge >= 0.3 is 5.97 Å². The van der Waals surface area contributed by atoms with Crippen LogP contribution >= 0.6 is 0 Å². The number of carbonyl (C=O) groups excluding carboxylic acids is 2. The summed E-state index contributed by atoms with van der Waals surface area (Å²) in [7, 11) is 0.284. The molecule has 0 aliphatic heterocycles. The molecule has 1 heterocycles. The monoisotopic (exact) mass is 289 g/mol. The molecule has 0 saturated carbocycles. The summed E-state index contributed by atoms with van der Waals surface area (Å²) in [5.74, 6) is -1.11. The highest BCUT2D eigenvalue weighted by Crippen LogP contribution is 2.13. The minimum absolute atomic E-state index is 0.0995. The van der Waals surface area contributed by atoms with Crippen molar-refractivity contribution in [2.75, 3.05) is 20.7 Å². The summed E-state index contributed by atoms with van der Waals surface area (Å²) in [4.78, 5) is 22.3. The average molecular weight is 289 g/mol. The van der Waals surface area contributed by atoms with Crippen LogP contribution in [0.1, 0.15) is 10.5 Å². The summed E-state index contributed by atoms with van der Waals surface area (Å²) in [5, 5.41) is 2.40. The molecule has 0 fully saturated rings. The Balaban J connectivity index is 2.97. The summed E-state index contributed by atoms with van der Waals surface area (Å²) in [6.45, 7) is -0.469. The first-order valence-corrected chi connectivity index (χ1v) is 6.75. The number of esters is 1. The van der Waals surface area contributed by atoms with E-state index in [0.717, 1.165) is 7.11 Å². The topological polar surface area (TPSA) is 106 Å². The van der Waals surface area contributed by atoms with Gasteiger partial charge < -0.3 is 14.6 Å². The van der Waals surface area contributed by atoms with E-state index < -0.39 is 28.4 Å². The number of sulfonamides is 1. The Hall–Kier alpha value is -1.87. The molecule has 0 unspecified atom stereocenters. The van der Waals surface area contributed by atoms with Crippen LogP contribution in [-0.2, 0) is 26.6 Å². The predicted molar refractivity (Wildman–Crippen MR) is 66.0 cm³/mol. The minimum atomic E-state index is -3.86. The zero-order valence-electron chi connectivity index (χ0n) is 10.8. The van der Waals surface area contributed by atoms with Gasteiger partial charge in [0, 0.05) is 20.3 Å². The molecule has 106 valence electrons. The van der Waals surface area contributed by atoms with Crippen LogP contribution in [-0.4, -0.2) is 45.6 Å². The first-order chi connectivity index (χ1) is 8.81. The van der Waals surface area contributed by atoms with Crippen LogP contribution in [0.4, 0.5) is 0 Å². The van der Waals surface area contributed by atoms with Crippen LogP contribution in [0.15, 0.2) is 17.2 Å². The third kappa shape index (κ3) is 3.55. The Labute approximate surface area is 110 Å². The van der Waals surface area contributed by atoms with Gasteiger partial charge in [0.15, 0.2) is 0 Å². The SMILES string of the molecule is CNC(=O)c1cc(S(=O)(=O)NCC(=O)OC)cn1C. The maximum atomic E-state index is 11.9. The van der Waals surface area contributed by atoms with Gasteiger partial charge in [-0.3, -0.25) is 9.59 Å². The van der Waals surface area contributed by atoms with E-state index in [1.807, 2.05) is 0 Å². The second kappa shape index (κ2) is 5.85. The lowest BCUT2D eigenvalue weighted by Crippen LogP contribution is -2.30. The number of carbonyl (C=O) groups is 2. The maximum Gasteiger partial charge on any atom is 0.320 e. The molecule has 19 heavy (non-hydrogen) atoms. The average Bonchev–Trinajstić information content (AvgIpc) is 2.78. The molecule has 8 nitrogen and oxygen atoms in total. The highest BCUT2D eigenvalue weighted by molar-refractivity contribution is 7.89. The van der Waals surface area contributed by atoms with E-state index in [2.05, 4.69) is 14.8 Å². The van der Waals surface area contributed by atoms with Gasteiger partial charge in [0.05, 0.1) is 7.11 Å². The molecule has 0 aromatic carbocycles. The van der Waals surface area contributed by atoms with E-state index >= 15 is 0 Å². The van der Waals surface area contributed by atoms with Crippen molar-refractivity contribution < 1.29 is 22.7 Å². The smallest absolute Gasteiger partial charge is 0.320 e. The first kappa shape index (κ1) is 15.2. The Bertz CT molecular complexity index is 590. The molecule has 0 aliphatic carbocycles. The number of methoxy groups -OCH3 is 1. The fraction of sp³-hybridized carbons (Fsp3) is 0.400. The zero-order valence-corrected chi connectivity index (χ0v) is 11.6. The lowest BCUT2D eigenvalue weighted by Gasteiger charge is -2.02. The second-order valence-corrected chi connectivity index (χ2v) is 5.42. The van der Waals surface area contributed by atoms with Gasteiger partial charge in [-0.1, -0.05) is 0 Å². The standard InChI is InChI=1S/C10H15N3O5S/c1-11-10(15)8-4-7(6-13(8)2)19(16,17)12-5-9(14)18-3/h4,6,12H,5H2,1-3H3,(H,11,15). The first-order valence-electron chi connectivity index (χ1n) is 5.26. The Kier molecular flexibility index (Phi) is 4.67. The molecule has 0 spiro atoms. The minimum Gasteiger partial charge on any atom is -0.468 e. The molecule has 0 aliphatic rings. The van der Waals surface area contributed by atoms with Crippen molar-refractivity contribution in [2.24, 2.45) is 7.05 Å². The van der Waals surface area contributed by atoms with Crippen molar-refractivity contribution >= 4 is 21.9 Å². The molecule has 2 N–H and O–H groups in total. The molecule has 0 radical (unpaired) electrons. The van der Waals surface area contributed by atoms with Gasteiger partial charge in [-0.15, -0.1) is 0 Å². The Morgan fingerprint density at radius 3 is 2.58 bits per heavy atom. The van der Waals surface area contributed by atoms with Crippen LogP contribution in [0.3, 0.4) is 0 Å². The fourth-order valence-corrected chi connectivity index (χ4v) is 2.38. The number of nitrogens with zero attached hydrogens (tertiary/aromatic N) is 1. The van der Waals surface area contributed by atoms with Gasteiger partial charge in [-0.05, 0) is 6.07 Å². The normalized spacial score (nSPS) is 11.1. The van der Waals surface area contributed by atoms with Crippen molar-refractivity contribution in [3.63, 3.8) is 0 Å². The Morgan fingerprint density at radius 2 is 2.05 bits per heavy atom. The van der Waals surface area contributed by atoms with Gasteiger partial charge in [0.1, 0.15) is 17.1 Å². The molecule has 0 bridgehead atoms. The van der Waals surface area contributed by atoms with E-state index in [1.54, 1.807) is 7.05 Å². The quantitative estimate of drug-likeness (QED) is 0.665. The summed E-state index contributed by atoms with van der Waals surface area (Å²) in [6, 6.07) is 1.22. The van der Waals surface area contributed by atoms with Crippen molar-refractivity contribution in [1.82, 2.24) is 14.6 Å². The third-order valence-corrected chi connectivity index (χ3v) is 3.75. The molecule has 1 amide bonds. The third-order valence-electron chi connectivity index (χ3n) is 2.38. The molecule has 0 saturated heterocycles. The van der Waals surface area contributed by atoms with Crippen LogP contribution in [0.5, 0.6) is 0 Å². The lowest BCUT2D eigenvalue weighted by molar-refractivity contribution is -0.139. The van der Waals surface area contributed by atoms with Crippen LogP contribution in [0, 0.1) is 0 Å². The van der Waals surface area contributed by atoms with Crippen molar-refractivity contribution in [3.8, 4) is 0 Å². The second-order valence-electron chi connectivity index (χ2n) is 3.65. The number of rotatable bonds is 5. The summed E-state index contributed by atoms with van der Waals surface area (Å²) in [5.41, 5.74) is 0.195. The van der Waals surface area contributed by atoms with Gasteiger partial charge in [0.25, 0.3) is 5.91 Å². The molecular weight excluding hydrogens is 274 g/mol. The van der Waals surface area contributed by atoms with E-state index in [4.69, 9.17) is 0 Å². The van der Waals surface area contributed by atoms with E-state index in [0.29, 0.717) is 0 Å². The molecule has 9 heteroatoms. The highest BCUT2D eigenvalue weighted by Gasteiger charge is 2.20. The molecule has 0 atom stereocenters. The molecule has 1 rings (SSSR count). The van der Waals surface area contributed by atoms with Crippen molar-refractivity contribution in [1.29, 1.82) is 0 Å². The number of aryl methyl sites for hydroxylation is 1. The zero-order chi connectivity index (χ0) is 14.6. The Morgan fingerprint density at radius 1 is 1.42 bits per heavy atom. The van der Waals surface area contributed by atoms with Gasteiger partial charge in [0.2, 0.25) is 10.0 Å². The van der Waals surface area contributed by atoms with Crippen LogP contribution in [0.2, 0.25) is 0 Å². The molecule has 1 aromatic rings. The number of amides is 1. The maximum absolute atomic E-state index is 11.9. The molecule has 1 aromatic heterocycles. The molecular formula is C10H15N3O5S. The summed E-state index contributed by atoms with van der Waals surface area (Å²) >= 11 is 0. The number of hydrogen-bond acceptors (Lipinski definition) is 5. The largest absolute Gasteiger partial charge is 0.468 e. The number of ether oxygens (including phenoxy) is 1. The van der Waals surface area contributed by atoms with Crippen LogP contribution < -0.4 is 10.0 Å². The van der Waals surface area contributed by atoms with Crippen LogP contribution in [0.25, 0.3) is 0 Å². The number of hydrogen-bond donors (Lipinski definition) is 2. The number of aromatic nitrogens is 1. The number of nitrogens with one attached hydrogen (secondary N) is 2. The summed E-state index contributed by atoms with van der Waals surface area (Å²) in [6.07, 6.45) is 1.28. The van der Waals surface area contributed by atoms with Crippen molar-refractivity contribution in [3.05, 3.63) is 18.0 Å². The lowest BCUT2D eigenvalue weighted by atomic mass is 10.4.